The lowest BCUT2D eigenvalue weighted by molar-refractivity contribution is -0.136. The summed E-state index contributed by atoms with van der Waals surface area (Å²) in [6, 6.07) is 19.7. The number of hydrogen-bond acceptors (Lipinski definition) is 5. The highest BCUT2D eigenvalue weighted by atomic mass is 32.1. The summed E-state index contributed by atoms with van der Waals surface area (Å²) in [6.07, 6.45) is 0.0160. The summed E-state index contributed by atoms with van der Waals surface area (Å²) in [4.78, 5) is 22.0. The summed E-state index contributed by atoms with van der Waals surface area (Å²) in [5, 5.41) is 13.2. The number of fused-ring (bicyclic) bond motifs is 1. The smallest absolute Gasteiger partial charge is 0.307 e. The van der Waals surface area contributed by atoms with Crippen LogP contribution < -0.4 is 5.32 Å². The molecule has 0 aliphatic carbocycles. The molecule has 2 aromatic carbocycles. The Balaban J connectivity index is 1.69. The summed E-state index contributed by atoms with van der Waals surface area (Å²) < 4.78 is 0. The number of thiophene rings is 1. The zero-order valence-electron chi connectivity index (χ0n) is 14.6. The van der Waals surface area contributed by atoms with Gasteiger partial charge in [-0.1, -0.05) is 42.5 Å². The Morgan fingerprint density at radius 3 is 2.52 bits per heavy atom. The van der Waals surface area contributed by atoms with Gasteiger partial charge in [0.1, 0.15) is 16.5 Å². The van der Waals surface area contributed by atoms with Gasteiger partial charge in [0.15, 0.2) is 0 Å². The first-order chi connectivity index (χ1) is 13.1. The lowest BCUT2D eigenvalue weighted by Crippen LogP contribution is -2.01. The molecular weight excluding hydrogens is 358 g/mol. The van der Waals surface area contributed by atoms with Gasteiger partial charge in [-0.3, -0.25) is 4.79 Å². The van der Waals surface area contributed by atoms with Crippen molar-refractivity contribution in [2.75, 3.05) is 5.32 Å². The van der Waals surface area contributed by atoms with E-state index in [1.807, 2.05) is 49.4 Å². The second-order valence-corrected chi connectivity index (χ2v) is 7.24. The van der Waals surface area contributed by atoms with Crippen LogP contribution in [0.15, 0.2) is 60.7 Å². The number of anilines is 2. The third kappa shape index (κ3) is 3.80. The Hall–Kier alpha value is -3.25. The van der Waals surface area contributed by atoms with Gasteiger partial charge in [-0.25, -0.2) is 9.97 Å². The minimum atomic E-state index is -0.837. The van der Waals surface area contributed by atoms with Gasteiger partial charge in [0, 0.05) is 10.6 Å². The van der Waals surface area contributed by atoms with E-state index in [0.717, 1.165) is 37.7 Å². The predicted octanol–water partition coefficient (Wildman–Crippen LogP) is 5.04. The number of hydrogen-bond donors (Lipinski definition) is 2. The number of nitrogens with zero attached hydrogens (tertiary/aromatic N) is 2. The molecule has 0 spiro atoms. The first-order valence-electron chi connectivity index (χ1n) is 8.50. The highest BCUT2D eigenvalue weighted by Crippen LogP contribution is 2.36. The van der Waals surface area contributed by atoms with E-state index in [-0.39, 0.29) is 6.42 Å². The van der Waals surface area contributed by atoms with E-state index in [1.54, 1.807) is 11.3 Å². The quantitative estimate of drug-likeness (QED) is 0.511. The molecule has 0 atom stereocenters. The largest absolute Gasteiger partial charge is 0.481 e. The van der Waals surface area contributed by atoms with Gasteiger partial charge < -0.3 is 10.4 Å². The van der Waals surface area contributed by atoms with Gasteiger partial charge >= 0.3 is 5.97 Å². The summed E-state index contributed by atoms with van der Waals surface area (Å²) in [5.74, 6) is 0.617. The number of carboxylic acids is 1. The molecule has 0 fully saturated rings. The molecule has 0 aliphatic heterocycles. The fourth-order valence-electron chi connectivity index (χ4n) is 2.89. The molecule has 27 heavy (non-hydrogen) atoms. The molecule has 2 heterocycles. The molecule has 4 rings (SSSR count). The number of carboxylic acid groups (broad SMARTS) is 1. The lowest BCUT2D eigenvalue weighted by atomic mass is 10.1. The van der Waals surface area contributed by atoms with Crippen LogP contribution >= 0.6 is 11.3 Å². The van der Waals surface area contributed by atoms with Crippen molar-refractivity contribution < 1.29 is 9.90 Å². The average Bonchev–Trinajstić information content (AvgIpc) is 3.08. The number of aromatic nitrogens is 2. The second kappa shape index (κ2) is 7.17. The van der Waals surface area contributed by atoms with Crippen molar-refractivity contribution in [1.29, 1.82) is 0 Å². The minimum Gasteiger partial charge on any atom is -0.481 e. The zero-order chi connectivity index (χ0) is 18.8. The highest BCUT2D eigenvalue weighted by Gasteiger charge is 2.12. The Labute approximate surface area is 160 Å². The molecule has 0 unspecified atom stereocenters. The normalized spacial score (nSPS) is 10.9. The number of nitrogens with one attached hydrogen (secondary N) is 1. The van der Waals surface area contributed by atoms with Gasteiger partial charge in [0.05, 0.1) is 11.8 Å². The molecule has 0 saturated heterocycles. The predicted molar refractivity (Wildman–Crippen MR) is 109 cm³/mol. The fourth-order valence-corrected chi connectivity index (χ4v) is 3.97. The highest BCUT2D eigenvalue weighted by molar-refractivity contribution is 7.21. The standard InChI is InChI=1S/C21H17N3O2S/c1-13-22-20(24-16-9-7-14(8-10-16)11-19(25)26)17-12-18(27-21(17)23-13)15-5-3-2-4-6-15/h2-10,12H,11H2,1H3,(H,25,26)(H,22,23,24). The van der Waals surface area contributed by atoms with Crippen molar-refractivity contribution in [1.82, 2.24) is 9.97 Å². The van der Waals surface area contributed by atoms with E-state index in [9.17, 15) is 4.79 Å². The van der Waals surface area contributed by atoms with Crippen molar-refractivity contribution in [2.45, 2.75) is 13.3 Å². The van der Waals surface area contributed by atoms with Crippen molar-refractivity contribution in [3.05, 3.63) is 72.1 Å². The van der Waals surface area contributed by atoms with Gasteiger partial charge in [-0.15, -0.1) is 11.3 Å². The molecule has 134 valence electrons. The van der Waals surface area contributed by atoms with E-state index >= 15 is 0 Å². The summed E-state index contributed by atoms with van der Waals surface area (Å²) in [6.45, 7) is 1.88. The molecule has 0 saturated carbocycles. The zero-order valence-corrected chi connectivity index (χ0v) is 15.5. The fraction of sp³-hybridized carbons (Fsp3) is 0.0952. The van der Waals surface area contributed by atoms with Gasteiger partial charge in [0.25, 0.3) is 0 Å². The molecule has 2 aromatic heterocycles. The Morgan fingerprint density at radius 1 is 1.07 bits per heavy atom. The second-order valence-electron chi connectivity index (χ2n) is 6.21. The number of aliphatic carboxylic acids is 1. The van der Waals surface area contributed by atoms with Crippen molar-refractivity contribution in [2.24, 2.45) is 0 Å². The molecule has 5 nitrogen and oxygen atoms in total. The number of carbonyl (C=O) groups is 1. The van der Waals surface area contributed by atoms with Crippen molar-refractivity contribution in [3.63, 3.8) is 0 Å². The van der Waals surface area contributed by atoms with Gasteiger partial charge in [-0.05, 0) is 36.2 Å². The molecule has 0 aliphatic rings. The van der Waals surface area contributed by atoms with Crippen LogP contribution in [0.3, 0.4) is 0 Å². The van der Waals surface area contributed by atoms with E-state index in [1.165, 1.54) is 0 Å². The van der Waals surface area contributed by atoms with Crippen LogP contribution in [0.4, 0.5) is 11.5 Å². The maximum absolute atomic E-state index is 10.8. The first-order valence-corrected chi connectivity index (χ1v) is 9.31. The van der Waals surface area contributed by atoms with Crippen LogP contribution in [0.2, 0.25) is 0 Å². The molecule has 2 N–H and O–H groups in total. The maximum Gasteiger partial charge on any atom is 0.307 e. The molecule has 6 heteroatoms. The monoisotopic (exact) mass is 375 g/mol. The summed E-state index contributed by atoms with van der Waals surface area (Å²) >= 11 is 1.64. The topological polar surface area (TPSA) is 75.1 Å². The van der Waals surface area contributed by atoms with Crippen molar-refractivity contribution in [3.8, 4) is 10.4 Å². The van der Waals surface area contributed by atoms with Gasteiger partial charge in [-0.2, -0.15) is 0 Å². The lowest BCUT2D eigenvalue weighted by Gasteiger charge is -2.08. The van der Waals surface area contributed by atoms with E-state index < -0.39 is 5.97 Å². The molecule has 4 aromatic rings. The minimum absolute atomic E-state index is 0.0160. The number of aryl methyl sites for hydroxylation is 1. The molecule has 0 amide bonds. The SMILES string of the molecule is Cc1nc(Nc2ccc(CC(=O)O)cc2)c2cc(-c3ccccc3)sc2n1. The third-order valence-corrected chi connectivity index (χ3v) is 5.21. The number of benzene rings is 2. The van der Waals surface area contributed by atoms with Gasteiger partial charge in [0.2, 0.25) is 0 Å². The van der Waals surface area contributed by atoms with Crippen LogP contribution in [0.5, 0.6) is 0 Å². The molecular formula is C21H17N3O2S. The van der Waals surface area contributed by atoms with Crippen LogP contribution in [-0.4, -0.2) is 21.0 Å². The Kier molecular flexibility index (Phi) is 4.56. The molecule has 0 radical (unpaired) electrons. The van der Waals surface area contributed by atoms with E-state index in [4.69, 9.17) is 5.11 Å². The Bertz CT molecular complexity index is 1110. The molecule has 0 bridgehead atoms. The van der Waals surface area contributed by atoms with Crippen LogP contribution in [-0.2, 0) is 11.2 Å². The average molecular weight is 375 g/mol. The van der Waals surface area contributed by atoms with Crippen LogP contribution in [0, 0.1) is 6.92 Å². The van der Waals surface area contributed by atoms with Crippen LogP contribution in [0.1, 0.15) is 11.4 Å². The Morgan fingerprint density at radius 2 is 1.81 bits per heavy atom. The summed E-state index contributed by atoms with van der Waals surface area (Å²) in [7, 11) is 0. The summed E-state index contributed by atoms with van der Waals surface area (Å²) in [5.41, 5.74) is 2.78. The van der Waals surface area contributed by atoms with Crippen molar-refractivity contribution >= 4 is 39.0 Å². The first kappa shape index (κ1) is 17.2. The van der Waals surface area contributed by atoms with Crippen LogP contribution in [0.25, 0.3) is 20.7 Å². The number of rotatable bonds is 5. The third-order valence-electron chi connectivity index (χ3n) is 4.13. The van der Waals surface area contributed by atoms with E-state index in [2.05, 4.69) is 33.5 Å². The maximum atomic E-state index is 10.8. The van der Waals surface area contributed by atoms with E-state index in [0.29, 0.717) is 5.82 Å².